The van der Waals surface area contributed by atoms with Crippen LogP contribution in [0.2, 0.25) is 0 Å². The second-order valence-corrected chi connectivity index (χ2v) is 7.88. The first-order chi connectivity index (χ1) is 12.4. The van der Waals surface area contributed by atoms with E-state index in [1.54, 1.807) is 17.7 Å². The summed E-state index contributed by atoms with van der Waals surface area (Å²) < 4.78 is 1.99. The number of urea groups is 1. The molecule has 0 aliphatic carbocycles. The van der Waals surface area contributed by atoms with Crippen LogP contribution in [0.15, 0.2) is 24.0 Å². The number of carbonyl (C=O) groups is 2. The van der Waals surface area contributed by atoms with E-state index in [1.165, 1.54) is 12.5 Å². The number of amides is 3. The van der Waals surface area contributed by atoms with Crippen molar-refractivity contribution in [3.05, 3.63) is 40.1 Å². The van der Waals surface area contributed by atoms with E-state index in [1.807, 2.05) is 29.6 Å². The first-order valence-corrected chi connectivity index (χ1v) is 9.59. The van der Waals surface area contributed by atoms with E-state index in [0.29, 0.717) is 26.2 Å². The Labute approximate surface area is 157 Å². The van der Waals surface area contributed by atoms with Gasteiger partial charge in [0, 0.05) is 62.2 Å². The Hall–Kier alpha value is -2.35. The number of nitrogens with one attached hydrogen (secondary N) is 2. The molecule has 2 aromatic rings. The van der Waals surface area contributed by atoms with Gasteiger partial charge in [-0.2, -0.15) is 0 Å². The van der Waals surface area contributed by atoms with Gasteiger partial charge in [0.1, 0.15) is 0 Å². The first-order valence-electron chi connectivity index (χ1n) is 8.71. The smallest absolute Gasteiger partial charge is 0.317 e. The van der Waals surface area contributed by atoms with Crippen molar-refractivity contribution < 1.29 is 9.59 Å². The van der Waals surface area contributed by atoms with Crippen LogP contribution < -0.4 is 10.6 Å². The molecule has 8 heteroatoms. The van der Waals surface area contributed by atoms with Gasteiger partial charge < -0.3 is 20.1 Å². The number of thiophene rings is 1. The Morgan fingerprint density at radius 1 is 1.35 bits per heavy atom. The normalized spacial score (nSPS) is 19.6. The lowest BCUT2D eigenvalue weighted by molar-refractivity contribution is -0.119. The monoisotopic (exact) mass is 375 g/mol. The number of nitrogens with zero attached hydrogens (tertiary/aromatic N) is 3. The number of carbonyl (C=O) groups excluding carboxylic acids is 2. The van der Waals surface area contributed by atoms with Crippen LogP contribution >= 0.6 is 11.3 Å². The SMILES string of the molecule is CC(=O)NC[C@@H]1CN(C(=O)NCc2cc(C)cs2)C[C@H]1c1cncn1C. The molecule has 1 aliphatic heterocycles. The van der Waals surface area contributed by atoms with Gasteiger partial charge in [0.15, 0.2) is 0 Å². The largest absolute Gasteiger partial charge is 0.356 e. The van der Waals surface area contributed by atoms with E-state index < -0.39 is 0 Å². The predicted molar refractivity (Wildman–Crippen MR) is 101 cm³/mol. The van der Waals surface area contributed by atoms with Gasteiger partial charge in [-0.25, -0.2) is 9.78 Å². The zero-order valence-corrected chi connectivity index (χ0v) is 16.2. The summed E-state index contributed by atoms with van der Waals surface area (Å²) in [4.78, 5) is 31.1. The van der Waals surface area contributed by atoms with Crippen molar-refractivity contribution in [1.82, 2.24) is 25.1 Å². The van der Waals surface area contributed by atoms with Crippen molar-refractivity contribution in [2.45, 2.75) is 26.3 Å². The average molecular weight is 375 g/mol. The summed E-state index contributed by atoms with van der Waals surface area (Å²) in [7, 11) is 1.96. The summed E-state index contributed by atoms with van der Waals surface area (Å²) in [5.74, 6) is 0.276. The van der Waals surface area contributed by atoms with Crippen molar-refractivity contribution in [1.29, 1.82) is 0 Å². The molecule has 3 heterocycles. The molecule has 2 atom stereocenters. The molecule has 0 radical (unpaired) electrons. The fourth-order valence-electron chi connectivity index (χ4n) is 3.44. The molecule has 0 bridgehead atoms. The van der Waals surface area contributed by atoms with Crippen molar-refractivity contribution in [3.8, 4) is 0 Å². The predicted octanol–water partition coefficient (Wildman–Crippen LogP) is 1.85. The van der Waals surface area contributed by atoms with Gasteiger partial charge >= 0.3 is 6.03 Å². The molecule has 1 saturated heterocycles. The third-order valence-corrected chi connectivity index (χ3v) is 5.83. The molecule has 140 valence electrons. The second kappa shape index (κ2) is 7.90. The van der Waals surface area contributed by atoms with Crippen LogP contribution in [0, 0.1) is 12.8 Å². The fraction of sp³-hybridized carbons (Fsp3) is 0.500. The lowest BCUT2D eigenvalue weighted by Gasteiger charge is -2.18. The Morgan fingerprint density at radius 2 is 2.15 bits per heavy atom. The van der Waals surface area contributed by atoms with Gasteiger partial charge in [0.2, 0.25) is 5.91 Å². The number of likely N-dealkylation sites (tertiary alicyclic amines) is 1. The molecule has 1 aliphatic rings. The zero-order chi connectivity index (χ0) is 18.7. The summed E-state index contributed by atoms with van der Waals surface area (Å²) in [6.07, 6.45) is 3.62. The van der Waals surface area contributed by atoms with E-state index in [-0.39, 0.29) is 23.8 Å². The minimum Gasteiger partial charge on any atom is -0.356 e. The Bertz CT molecular complexity index is 784. The topological polar surface area (TPSA) is 79.3 Å². The molecule has 26 heavy (non-hydrogen) atoms. The lowest BCUT2D eigenvalue weighted by atomic mass is 9.93. The number of aryl methyl sites for hydroxylation is 2. The van der Waals surface area contributed by atoms with Crippen LogP contribution in [0.25, 0.3) is 0 Å². The Kier molecular flexibility index (Phi) is 5.61. The van der Waals surface area contributed by atoms with Gasteiger partial charge in [-0.3, -0.25) is 4.79 Å². The molecular weight excluding hydrogens is 350 g/mol. The Balaban J connectivity index is 1.65. The summed E-state index contributed by atoms with van der Waals surface area (Å²) in [5, 5.41) is 7.98. The van der Waals surface area contributed by atoms with E-state index in [4.69, 9.17) is 0 Å². The van der Waals surface area contributed by atoms with Crippen LogP contribution in [-0.2, 0) is 18.4 Å². The van der Waals surface area contributed by atoms with Crippen molar-refractivity contribution in [2.24, 2.45) is 13.0 Å². The molecule has 1 fully saturated rings. The van der Waals surface area contributed by atoms with Gasteiger partial charge in [0.25, 0.3) is 0 Å². The highest BCUT2D eigenvalue weighted by molar-refractivity contribution is 7.10. The molecule has 0 aromatic carbocycles. The van der Waals surface area contributed by atoms with E-state index in [0.717, 1.165) is 10.6 Å². The maximum Gasteiger partial charge on any atom is 0.317 e. The van der Waals surface area contributed by atoms with Gasteiger partial charge in [-0.1, -0.05) is 0 Å². The number of imidazole rings is 1. The highest BCUT2D eigenvalue weighted by atomic mass is 32.1. The minimum absolute atomic E-state index is 0.0512. The zero-order valence-electron chi connectivity index (χ0n) is 15.4. The molecule has 3 amide bonds. The highest BCUT2D eigenvalue weighted by Crippen LogP contribution is 2.32. The van der Waals surface area contributed by atoms with Crippen molar-refractivity contribution in [2.75, 3.05) is 19.6 Å². The maximum atomic E-state index is 12.6. The number of aromatic nitrogens is 2. The highest BCUT2D eigenvalue weighted by Gasteiger charge is 2.37. The van der Waals surface area contributed by atoms with Gasteiger partial charge in [-0.15, -0.1) is 11.3 Å². The summed E-state index contributed by atoms with van der Waals surface area (Å²) >= 11 is 1.65. The molecule has 0 unspecified atom stereocenters. The number of hydrogen-bond acceptors (Lipinski definition) is 4. The molecule has 0 saturated carbocycles. The first kappa shape index (κ1) is 18.4. The van der Waals surface area contributed by atoms with Gasteiger partial charge in [-0.05, 0) is 23.9 Å². The summed E-state index contributed by atoms with van der Waals surface area (Å²) in [6, 6.07) is 2.03. The van der Waals surface area contributed by atoms with Crippen molar-refractivity contribution >= 4 is 23.3 Å². The minimum atomic E-state index is -0.0615. The fourth-order valence-corrected chi connectivity index (χ4v) is 4.25. The quantitative estimate of drug-likeness (QED) is 0.837. The van der Waals surface area contributed by atoms with Crippen LogP contribution in [0.5, 0.6) is 0 Å². The second-order valence-electron chi connectivity index (χ2n) is 6.89. The molecular formula is C18H25N5O2S. The maximum absolute atomic E-state index is 12.6. The lowest BCUT2D eigenvalue weighted by Crippen LogP contribution is -2.38. The van der Waals surface area contributed by atoms with Crippen molar-refractivity contribution in [3.63, 3.8) is 0 Å². The number of hydrogen-bond donors (Lipinski definition) is 2. The van der Waals surface area contributed by atoms with E-state index >= 15 is 0 Å². The van der Waals surface area contributed by atoms with Crippen LogP contribution in [0.4, 0.5) is 4.79 Å². The molecule has 2 N–H and O–H groups in total. The third kappa shape index (κ3) is 4.24. The molecule has 0 spiro atoms. The molecule has 3 rings (SSSR count). The molecule has 7 nitrogen and oxygen atoms in total. The Morgan fingerprint density at radius 3 is 2.77 bits per heavy atom. The average Bonchev–Trinajstić information content (AvgIpc) is 3.30. The van der Waals surface area contributed by atoms with E-state index in [2.05, 4.69) is 27.1 Å². The summed E-state index contributed by atoms with van der Waals surface area (Å²) in [5.41, 5.74) is 2.30. The standard InChI is InChI=1S/C18H25N5O2S/c1-12-4-15(26-10-12)6-21-18(25)23-8-14(5-20-13(2)24)16(9-23)17-7-19-11-22(17)3/h4,7,10-11,14,16H,5-6,8-9H2,1-3H3,(H,20,24)(H,21,25)/t14-,16-/m1/s1. The van der Waals surface area contributed by atoms with Gasteiger partial charge in [0.05, 0.1) is 12.9 Å². The third-order valence-electron chi connectivity index (χ3n) is 4.77. The van der Waals surface area contributed by atoms with Crippen LogP contribution in [0.3, 0.4) is 0 Å². The van der Waals surface area contributed by atoms with Crippen LogP contribution in [0.1, 0.15) is 29.0 Å². The molecule has 2 aromatic heterocycles. The number of rotatable bonds is 5. The van der Waals surface area contributed by atoms with Crippen LogP contribution in [-0.4, -0.2) is 46.0 Å². The summed E-state index contributed by atoms with van der Waals surface area (Å²) in [6.45, 7) is 5.90. The van der Waals surface area contributed by atoms with E-state index in [9.17, 15) is 9.59 Å².